The zero-order chi connectivity index (χ0) is 21.3. The molecule has 30 heavy (non-hydrogen) atoms. The molecule has 7 nitrogen and oxygen atoms in total. The van der Waals surface area contributed by atoms with Crippen LogP contribution in [0.1, 0.15) is 35.7 Å². The lowest BCUT2D eigenvalue weighted by Crippen LogP contribution is -2.47. The Balaban J connectivity index is 1.63. The Kier molecular flexibility index (Phi) is 5.78. The average Bonchev–Trinajstić information content (AvgIpc) is 3.20. The molecule has 0 spiro atoms. The normalized spacial score (nSPS) is 19.6. The van der Waals surface area contributed by atoms with E-state index in [2.05, 4.69) is 15.0 Å². The minimum atomic E-state index is -0.0918. The zero-order valence-electron chi connectivity index (χ0n) is 17.6. The van der Waals surface area contributed by atoms with E-state index in [0.29, 0.717) is 24.5 Å². The number of thiazole rings is 1. The van der Waals surface area contributed by atoms with Crippen LogP contribution in [-0.4, -0.2) is 51.0 Å². The second-order valence-electron chi connectivity index (χ2n) is 7.56. The third-order valence-electron chi connectivity index (χ3n) is 5.11. The number of carbonyl (C=O) groups is 1. The van der Waals surface area contributed by atoms with Gasteiger partial charge in [0.25, 0.3) is 5.91 Å². The number of aryl methyl sites for hydroxylation is 2. The fraction of sp³-hybridized carbons (Fsp3) is 0.364. The second kappa shape index (κ2) is 8.49. The summed E-state index contributed by atoms with van der Waals surface area (Å²) in [4.78, 5) is 34.8. The summed E-state index contributed by atoms with van der Waals surface area (Å²) < 4.78 is 0. The Bertz CT molecular complexity index is 1020. The summed E-state index contributed by atoms with van der Waals surface area (Å²) in [6.07, 6.45) is 1.76. The Morgan fingerprint density at radius 3 is 2.70 bits per heavy atom. The van der Waals surface area contributed by atoms with Gasteiger partial charge in [0, 0.05) is 40.5 Å². The summed E-state index contributed by atoms with van der Waals surface area (Å²) in [5, 5.41) is 4.55. The maximum absolute atomic E-state index is 13.6. The molecule has 4 rings (SSSR count). The molecule has 0 N–H and O–H groups in total. The summed E-state index contributed by atoms with van der Waals surface area (Å²) in [6, 6.07) is 9.40. The lowest BCUT2D eigenvalue weighted by Gasteiger charge is -2.32. The minimum Gasteiger partial charge on any atom is -0.329 e. The first-order valence-electron chi connectivity index (χ1n) is 9.98. The molecule has 1 aromatic carbocycles. The molecule has 0 bridgehead atoms. The minimum absolute atomic E-state index is 0.0127. The van der Waals surface area contributed by atoms with E-state index in [1.165, 1.54) is 11.3 Å². The predicted octanol–water partition coefficient (Wildman–Crippen LogP) is 3.89. The summed E-state index contributed by atoms with van der Waals surface area (Å²) in [7, 11) is 0. The molecule has 1 aliphatic rings. The molecular weight excluding hydrogens is 398 g/mol. The molecule has 2 aromatic heterocycles. The molecular formula is C22H25N5O2S. The number of rotatable bonds is 3. The molecule has 156 valence electrons. The van der Waals surface area contributed by atoms with Crippen molar-refractivity contribution < 1.29 is 9.63 Å². The van der Waals surface area contributed by atoms with Gasteiger partial charge in [0.2, 0.25) is 0 Å². The van der Waals surface area contributed by atoms with Gasteiger partial charge in [-0.3, -0.25) is 9.63 Å². The molecule has 3 aromatic rings. The van der Waals surface area contributed by atoms with Crippen molar-refractivity contribution in [2.75, 3.05) is 18.2 Å². The summed E-state index contributed by atoms with van der Waals surface area (Å²) in [5.41, 5.74) is 2.41. The molecule has 0 saturated carbocycles. The van der Waals surface area contributed by atoms with Crippen LogP contribution in [0.3, 0.4) is 0 Å². The number of hydroxylamine groups is 1. The molecule has 1 fully saturated rings. The van der Waals surface area contributed by atoms with Crippen molar-refractivity contribution >= 4 is 23.1 Å². The fourth-order valence-corrected chi connectivity index (χ4v) is 4.51. The molecule has 0 aliphatic carbocycles. The van der Waals surface area contributed by atoms with Crippen LogP contribution in [0.4, 0.5) is 5.82 Å². The number of benzene rings is 1. The van der Waals surface area contributed by atoms with Crippen LogP contribution in [0.15, 0.2) is 41.9 Å². The first-order valence-corrected chi connectivity index (χ1v) is 10.9. The van der Waals surface area contributed by atoms with Gasteiger partial charge in [-0.15, -0.1) is 11.3 Å². The topological polar surface area (TPSA) is 71.5 Å². The maximum Gasteiger partial charge on any atom is 0.255 e. The Hall–Kier alpha value is -2.84. The molecule has 1 saturated heterocycles. The average molecular weight is 424 g/mol. The first kappa shape index (κ1) is 20.4. The van der Waals surface area contributed by atoms with Gasteiger partial charge in [-0.2, -0.15) is 0 Å². The molecule has 8 heteroatoms. The number of carbonyl (C=O) groups excluding carboxylic acids is 1. The number of hydrogen-bond donors (Lipinski definition) is 0. The van der Waals surface area contributed by atoms with E-state index in [9.17, 15) is 4.79 Å². The largest absolute Gasteiger partial charge is 0.329 e. The zero-order valence-corrected chi connectivity index (χ0v) is 18.4. The monoisotopic (exact) mass is 423 g/mol. The van der Waals surface area contributed by atoms with E-state index in [1.807, 2.05) is 68.3 Å². The van der Waals surface area contributed by atoms with Gasteiger partial charge in [-0.05, 0) is 33.8 Å². The van der Waals surface area contributed by atoms with Crippen molar-refractivity contribution in [3.8, 4) is 10.6 Å². The van der Waals surface area contributed by atoms with Gasteiger partial charge in [-0.25, -0.2) is 20.0 Å². The number of anilines is 1. The van der Waals surface area contributed by atoms with Crippen LogP contribution in [-0.2, 0) is 4.84 Å². The van der Waals surface area contributed by atoms with Crippen molar-refractivity contribution in [3.63, 3.8) is 0 Å². The smallest absolute Gasteiger partial charge is 0.255 e. The third kappa shape index (κ3) is 4.06. The van der Waals surface area contributed by atoms with Crippen LogP contribution in [0.5, 0.6) is 0 Å². The van der Waals surface area contributed by atoms with E-state index in [4.69, 9.17) is 4.84 Å². The van der Waals surface area contributed by atoms with Crippen molar-refractivity contribution in [3.05, 3.63) is 59.0 Å². The van der Waals surface area contributed by atoms with Crippen molar-refractivity contribution in [1.82, 2.24) is 19.9 Å². The molecule has 0 unspecified atom stereocenters. The van der Waals surface area contributed by atoms with E-state index in [1.54, 1.807) is 11.3 Å². The van der Waals surface area contributed by atoms with E-state index >= 15 is 0 Å². The van der Waals surface area contributed by atoms with Crippen molar-refractivity contribution in [1.29, 1.82) is 0 Å². The standard InChI is InChI=1S/C22H25N5O2S/c1-14-11-20(25-17(4)24-14)26-12-15(2)27(16(3)13-29-26)22(28)19-8-6-5-7-18(19)21-23-9-10-30-21/h5-11,15-16H,12-13H2,1-4H3/t15-,16+/m1/s1. The highest BCUT2D eigenvalue weighted by Gasteiger charge is 2.33. The van der Waals surface area contributed by atoms with Crippen LogP contribution < -0.4 is 5.06 Å². The summed E-state index contributed by atoms with van der Waals surface area (Å²) >= 11 is 1.53. The van der Waals surface area contributed by atoms with Crippen LogP contribution in [0.2, 0.25) is 0 Å². The number of amides is 1. The Labute approximate surface area is 180 Å². The first-order chi connectivity index (χ1) is 14.4. The van der Waals surface area contributed by atoms with Gasteiger partial charge in [0.15, 0.2) is 5.82 Å². The lowest BCUT2D eigenvalue weighted by atomic mass is 10.0. The quantitative estimate of drug-likeness (QED) is 0.637. The third-order valence-corrected chi connectivity index (χ3v) is 5.92. The highest BCUT2D eigenvalue weighted by Crippen LogP contribution is 2.29. The van der Waals surface area contributed by atoms with Crippen molar-refractivity contribution in [2.24, 2.45) is 0 Å². The highest BCUT2D eigenvalue weighted by atomic mass is 32.1. The highest BCUT2D eigenvalue weighted by molar-refractivity contribution is 7.13. The van der Waals surface area contributed by atoms with E-state index in [-0.39, 0.29) is 18.0 Å². The lowest BCUT2D eigenvalue weighted by molar-refractivity contribution is 0.0546. The second-order valence-corrected chi connectivity index (χ2v) is 8.46. The van der Waals surface area contributed by atoms with Crippen LogP contribution in [0.25, 0.3) is 10.6 Å². The molecule has 1 aliphatic heterocycles. The van der Waals surface area contributed by atoms with Gasteiger partial charge in [-0.1, -0.05) is 18.2 Å². The molecule has 2 atom stereocenters. The van der Waals surface area contributed by atoms with E-state index < -0.39 is 0 Å². The predicted molar refractivity (Wildman–Crippen MR) is 117 cm³/mol. The van der Waals surface area contributed by atoms with E-state index in [0.717, 1.165) is 22.1 Å². The Morgan fingerprint density at radius 2 is 1.97 bits per heavy atom. The molecule has 1 amide bonds. The van der Waals surface area contributed by atoms with Gasteiger partial charge in [0.05, 0.1) is 19.2 Å². The van der Waals surface area contributed by atoms with Crippen LogP contribution >= 0.6 is 11.3 Å². The van der Waals surface area contributed by atoms with Crippen molar-refractivity contribution in [2.45, 2.75) is 39.8 Å². The molecule has 3 heterocycles. The fourth-order valence-electron chi connectivity index (χ4n) is 3.83. The summed E-state index contributed by atoms with van der Waals surface area (Å²) in [6.45, 7) is 8.77. The van der Waals surface area contributed by atoms with Gasteiger partial charge < -0.3 is 4.90 Å². The van der Waals surface area contributed by atoms with Gasteiger partial charge >= 0.3 is 0 Å². The Morgan fingerprint density at radius 1 is 1.17 bits per heavy atom. The maximum atomic E-state index is 13.6. The summed E-state index contributed by atoms with van der Waals surface area (Å²) in [5.74, 6) is 1.40. The number of hydrogen-bond acceptors (Lipinski definition) is 7. The molecule has 0 radical (unpaired) electrons. The number of nitrogens with zero attached hydrogens (tertiary/aromatic N) is 5. The SMILES string of the molecule is Cc1cc(N2C[C@@H](C)N(C(=O)c3ccccc3-c3nccs3)[C@@H](C)CO2)nc(C)n1. The number of aromatic nitrogens is 3. The van der Waals surface area contributed by atoms with Gasteiger partial charge in [0.1, 0.15) is 10.8 Å². The van der Waals surface area contributed by atoms with Crippen LogP contribution in [0, 0.1) is 13.8 Å².